The second-order valence-corrected chi connectivity index (χ2v) is 4.23. The maximum atomic E-state index is 3.28. The number of dihydropyridines is 1. The van der Waals surface area contributed by atoms with Gasteiger partial charge in [-0.1, -0.05) is 66.7 Å². The number of nitrogens with one attached hydrogen (secondary N) is 1. The molecule has 0 aromatic heterocycles. The third kappa shape index (κ3) is 2.07. The monoisotopic (exact) mass is 232 g/mol. The van der Waals surface area contributed by atoms with Gasteiger partial charge in [-0.05, 0) is 16.7 Å². The van der Waals surface area contributed by atoms with E-state index >= 15 is 0 Å². The number of rotatable bonds is 2. The molecule has 0 unspecified atom stereocenters. The van der Waals surface area contributed by atoms with Crippen LogP contribution in [0.4, 0.5) is 0 Å². The molecule has 1 radical (unpaired) electrons. The summed E-state index contributed by atoms with van der Waals surface area (Å²) in [5, 5.41) is 3.17. The van der Waals surface area contributed by atoms with Crippen molar-refractivity contribution in [2.75, 3.05) is 6.54 Å². The first-order valence-electron chi connectivity index (χ1n) is 6.12. The maximum Gasteiger partial charge on any atom is 0.0671 e. The maximum absolute atomic E-state index is 3.28. The summed E-state index contributed by atoms with van der Waals surface area (Å²) in [6.45, 7) is 0.834. The Balaban J connectivity index is 2.04. The fraction of sp³-hybridized carbons (Fsp3) is 0.0588. The van der Waals surface area contributed by atoms with Gasteiger partial charge in [0.25, 0.3) is 0 Å². The number of benzene rings is 2. The Labute approximate surface area is 107 Å². The first-order chi connectivity index (χ1) is 8.95. The van der Waals surface area contributed by atoms with Crippen molar-refractivity contribution in [3.8, 4) is 0 Å². The highest BCUT2D eigenvalue weighted by Crippen LogP contribution is 2.31. The van der Waals surface area contributed by atoms with Gasteiger partial charge >= 0.3 is 0 Å². The van der Waals surface area contributed by atoms with E-state index in [0.29, 0.717) is 0 Å². The Morgan fingerprint density at radius 2 is 1.39 bits per heavy atom. The quantitative estimate of drug-likeness (QED) is 0.835. The molecule has 1 heteroatoms. The molecule has 0 bridgehead atoms. The molecule has 0 spiro atoms. The molecule has 0 amide bonds. The zero-order chi connectivity index (χ0) is 12.2. The SMILES string of the molecule is [C]1=C(c2ccccc2)C(c2ccccc2)=CCN1. The van der Waals surface area contributed by atoms with E-state index in [4.69, 9.17) is 0 Å². The van der Waals surface area contributed by atoms with Crippen molar-refractivity contribution in [3.05, 3.63) is 84.1 Å². The minimum atomic E-state index is 0.834. The predicted molar refractivity (Wildman–Crippen MR) is 75.5 cm³/mol. The lowest BCUT2D eigenvalue weighted by Gasteiger charge is -2.17. The second-order valence-electron chi connectivity index (χ2n) is 4.23. The summed E-state index contributed by atoms with van der Waals surface area (Å²) >= 11 is 0. The van der Waals surface area contributed by atoms with Crippen molar-refractivity contribution >= 4 is 11.1 Å². The zero-order valence-electron chi connectivity index (χ0n) is 10.1. The Kier molecular flexibility index (Phi) is 2.97. The molecule has 1 heterocycles. The van der Waals surface area contributed by atoms with Gasteiger partial charge in [0.1, 0.15) is 0 Å². The molecular weight excluding hydrogens is 218 g/mol. The summed E-state index contributed by atoms with van der Waals surface area (Å²) in [6, 6.07) is 20.8. The van der Waals surface area contributed by atoms with E-state index in [9.17, 15) is 0 Å². The molecule has 0 atom stereocenters. The number of allylic oxidation sites excluding steroid dienone is 2. The molecule has 1 aliphatic heterocycles. The Bertz CT molecular complexity index is 524. The Morgan fingerprint density at radius 1 is 0.778 bits per heavy atom. The first kappa shape index (κ1) is 10.8. The van der Waals surface area contributed by atoms with Crippen LogP contribution >= 0.6 is 0 Å². The Morgan fingerprint density at radius 3 is 2.06 bits per heavy atom. The second kappa shape index (κ2) is 4.92. The molecule has 1 N–H and O–H groups in total. The van der Waals surface area contributed by atoms with E-state index in [-0.39, 0.29) is 0 Å². The third-order valence-corrected chi connectivity index (χ3v) is 3.04. The van der Waals surface area contributed by atoms with E-state index < -0.39 is 0 Å². The van der Waals surface area contributed by atoms with Crippen LogP contribution in [-0.2, 0) is 0 Å². The summed E-state index contributed by atoms with van der Waals surface area (Å²) in [5.74, 6) is 0. The van der Waals surface area contributed by atoms with Crippen LogP contribution in [0.15, 0.2) is 66.7 Å². The van der Waals surface area contributed by atoms with Gasteiger partial charge in [0, 0.05) is 12.1 Å². The van der Waals surface area contributed by atoms with E-state index in [0.717, 1.165) is 12.1 Å². The van der Waals surface area contributed by atoms with Crippen LogP contribution in [0.1, 0.15) is 11.1 Å². The molecule has 0 saturated heterocycles. The molecule has 1 nitrogen and oxygen atoms in total. The summed E-state index contributed by atoms with van der Waals surface area (Å²) < 4.78 is 0. The van der Waals surface area contributed by atoms with Crippen molar-refractivity contribution in [1.82, 2.24) is 5.32 Å². The molecule has 87 valence electrons. The van der Waals surface area contributed by atoms with Crippen LogP contribution < -0.4 is 5.32 Å². The minimum absolute atomic E-state index is 0.834. The van der Waals surface area contributed by atoms with Crippen LogP contribution in [-0.4, -0.2) is 6.54 Å². The van der Waals surface area contributed by atoms with Gasteiger partial charge in [0.05, 0.1) is 6.20 Å². The zero-order valence-corrected chi connectivity index (χ0v) is 10.1. The van der Waals surface area contributed by atoms with Crippen molar-refractivity contribution in [2.24, 2.45) is 0 Å². The molecule has 2 aromatic rings. The number of hydrogen-bond donors (Lipinski definition) is 1. The largest absolute Gasteiger partial charge is 0.379 e. The summed E-state index contributed by atoms with van der Waals surface area (Å²) in [4.78, 5) is 0. The third-order valence-electron chi connectivity index (χ3n) is 3.04. The topological polar surface area (TPSA) is 12.0 Å². The van der Waals surface area contributed by atoms with Gasteiger partial charge in [0.15, 0.2) is 0 Å². The van der Waals surface area contributed by atoms with E-state index in [1.807, 2.05) is 12.1 Å². The number of hydrogen-bond acceptors (Lipinski definition) is 1. The van der Waals surface area contributed by atoms with Crippen molar-refractivity contribution in [2.45, 2.75) is 0 Å². The molecular formula is C17H14N. The fourth-order valence-corrected chi connectivity index (χ4v) is 2.17. The molecule has 1 aliphatic rings. The highest BCUT2D eigenvalue weighted by molar-refractivity contribution is 6.04. The van der Waals surface area contributed by atoms with Crippen LogP contribution in [0.3, 0.4) is 0 Å². The molecule has 2 aromatic carbocycles. The Hall–Kier alpha value is -2.28. The van der Waals surface area contributed by atoms with Crippen LogP contribution in [0.2, 0.25) is 0 Å². The standard InChI is InChI=1S/C17H14N/c1-3-7-14(8-4-1)16-11-12-18-13-17(16)15-9-5-2-6-10-15/h1-11,18H,12H2. The van der Waals surface area contributed by atoms with E-state index in [1.54, 1.807) is 0 Å². The fourth-order valence-electron chi connectivity index (χ4n) is 2.17. The highest BCUT2D eigenvalue weighted by atomic mass is 14.8. The van der Waals surface area contributed by atoms with Crippen LogP contribution in [0, 0.1) is 6.20 Å². The summed E-state index contributed by atoms with van der Waals surface area (Å²) in [5.41, 5.74) is 4.82. The summed E-state index contributed by atoms with van der Waals surface area (Å²) in [6.07, 6.45) is 5.50. The highest BCUT2D eigenvalue weighted by Gasteiger charge is 2.12. The summed E-state index contributed by atoms with van der Waals surface area (Å²) in [7, 11) is 0. The molecule has 3 rings (SSSR count). The molecule has 18 heavy (non-hydrogen) atoms. The average molecular weight is 232 g/mol. The van der Waals surface area contributed by atoms with E-state index in [2.05, 4.69) is 66.1 Å². The van der Waals surface area contributed by atoms with Gasteiger partial charge < -0.3 is 5.32 Å². The lowest BCUT2D eigenvalue weighted by Crippen LogP contribution is -2.12. The average Bonchev–Trinajstić information content (AvgIpc) is 2.49. The van der Waals surface area contributed by atoms with Gasteiger partial charge in [0.2, 0.25) is 0 Å². The molecule has 0 saturated carbocycles. The van der Waals surface area contributed by atoms with Gasteiger partial charge in [-0.3, -0.25) is 0 Å². The minimum Gasteiger partial charge on any atom is -0.379 e. The van der Waals surface area contributed by atoms with Gasteiger partial charge in [-0.2, -0.15) is 0 Å². The van der Waals surface area contributed by atoms with Crippen LogP contribution in [0.25, 0.3) is 11.1 Å². The molecule has 0 aliphatic carbocycles. The van der Waals surface area contributed by atoms with Crippen molar-refractivity contribution < 1.29 is 0 Å². The molecule has 0 fully saturated rings. The normalized spacial score (nSPS) is 14.4. The van der Waals surface area contributed by atoms with Crippen molar-refractivity contribution in [3.63, 3.8) is 0 Å². The van der Waals surface area contributed by atoms with Crippen molar-refractivity contribution in [1.29, 1.82) is 0 Å². The lowest BCUT2D eigenvalue weighted by atomic mass is 9.91. The smallest absolute Gasteiger partial charge is 0.0671 e. The lowest BCUT2D eigenvalue weighted by molar-refractivity contribution is 0.950. The van der Waals surface area contributed by atoms with E-state index in [1.165, 1.54) is 16.7 Å². The predicted octanol–water partition coefficient (Wildman–Crippen LogP) is 3.52. The first-order valence-corrected chi connectivity index (χ1v) is 6.12. The van der Waals surface area contributed by atoms with Gasteiger partial charge in [-0.15, -0.1) is 0 Å². The van der Waals surface area contributed by atoms with Gasteiger partial charge in [-0.25, -0.2) is 0 Å². The van der Waals surface area contributed by atoms with Crippen LogP contribution in [0.5, 0.6) is 0 Å².